The Morgan fingerprint density at radius 3 is 2.83 bits per heavy atom. The maximum Gasteiger partial charge on any atom is 0.252 e. The second-order valence-corrected chi connectivity index (χ2v) is 5.37. The number of hydrogen-bond donors (Lipinski definition) is 0. The quantitative estimate of drug-likeness (QED) is 0.781. The first-order chi connectivity index (χ1) is 11.2. The van der Waals surface area contributed by atoms with Crippen LogP contribution in [0.3, 0.4) is 0 Å². The van der Waals surface area contributed by atoms with E-state index >= 15 is 0 Å². The lowest BCUT2D eigenvalue weighted by Gasteiger charge is -2.21. The number of amides is 1. The molecule has 9 heteroatoms. The Balaban J connectivity index is 1.55. The van der Waals surface area contributed by atoms with Crippen molar-refractivity contribution in [3.05, 3.63) is 23.4 Å². The predicted molar refractivity (Wildman–Crippen MR) is 76.1 cm³/mol. The van der Waals surface area contributed by atoms with Crippen LogP contribution in [-0.4, -0.2) is 44.2 Å². The van der Waals surface area contributed by atoms with Crippen LogP contribution in [0, 0.1) is 6.92 Å². The average molecular weight is 321 g/mol. The molecule has 23 heavy (non-hydrogen) atoms. The fourth-order valence-corrected chi connectivity index (χ4v) is 2.59. The van der Waals surface area contributed by atoms with Crippen LogP contribution < -0.4 is 0 Å². The van der Waals surface area contributed by atoms with Crippen LogP contribution >= 0.6 is 0 Å². The van der Waals surface area contributed by atoms with Crippen LogP contribution in [0.5, 0.6) is 0 Å². The first-order valence-electron chi connectivity index (χ1n) is 7.66. The van der Waals surface area contributed by atoms with Crippen molar-refractivity contribution in [3.8, 4) is 0 Å². The number of aryl methyl sites for hydroxylation is 2. The predicted octanol–water partition coefficient (Wildman–Crippen LogP) is 1.20. The Morgan fingerprint density at radius 2 is 2.13 bits per heavy atom. The molecule has 2 aromatic rings. The van der Waals surface area contributed by atoms with Crippen molar-refractivity contribution in [1.29, 1.82) is 0 Å². The van der Waals surface area contributed by atoms with Crippen molar-refractivity contribution in [2.24, 2.45) is 0 Å². The Bertz CT molecular complexity index is 668. The largest absolute Gasteiger partial charge is 0.362 e. The molecule has 1 aliphatic rings. The maximum atomic E-state index is 12.3. The smallest absolute Gasteiger partial charge is 0.252 e. The van der Waals surface area contributed by atoms with Gasteiger partial charge in [-0.1, -0.05) is 17.2 Å². The van der Waals surface area contributed by atoms with Gasteiger partial charge in [-0.2, -0.15) is 9.97 Å². The second-order valence-electron chi connectivity index (χ2n) is 5.37. The van der Waals surface area contributed by atoms with E-state index in [0.717, 1.165) is 12.8 Å². The molecule has 0 aromatic carbocycles. The lowest BCUT2D eigenvalue weighted by Crippen LogP contribution is -2.34. The van der Waals surface area contributed by atoms with Gasteiger partial charge in [0.1, 0.15) is 13.2 Å². The highest BCUT2D eigenvalue weighted by Crippen LogP contribution is 2.30. The van der Waals surface area contributed by atoms with Crippen LogP contribution in [0.2, 0.25) is 0 Å². The van der Waals surface area contributed by atoms with Gasteiger partial charge < -0.3 is 18.7 Å². The van der Waals surface area contributed by atoms with Crippen LogP contribution in [0.1, 0.15) is 49.2 Å². The summed E-state index contributed by atoms with van der Waals surface area (Å²) in [6, 6.07) is -0.138. The standard InChI is InChI=1S/C14H19N5O4/c1-3-11-16-14(18-22-11)10-5-4-6-19(10)13(20)8-21-7-12-15-9(2)17-23-12/h10H,3-8H2,1-2H3. The topological polar surface area (TPSA) is 107 Å². The highest BCUT2D eigenvalue weighted by Gasteiger charge is 2.33. The number of hydrogen-bond acceptors (Lipinski definition) is 8. The minimum absolute atomic E-state index is 0.0452. The van der Waals surface area contributed by atoms with Crippen LogP contribution in [0.4, 0.5) is 0 Å². The van der Waals surface area contributed by atoms with Crippen molar-refractivity contribution in [2.45, 2.75) is 45.8 Å². The lowest BCUT2D eigenvalue weighted by molar-refractivity contribution is -0.137. The maximum absolute atomic E-state index is 12.3. The molecule has 0 spiro atoms. The fourth-order valence-electron chi connectivity index (χ4n) is 2.59. The van der Waals surface area contributed by atoms with Crippen LogP contribution in [0.25, 0.3) is 0 Å². The zero-order valence-electron chi connectivity index (χ0n) is 13.2. The molecule has 0 aliphatic carbocycles. The van der Waals surface area contributed by atoms with Gasteiger partial charge in [-0.3, -0.25) is 4.79 Å². The van der Waals surface area contributed by atoms with Gasteiger partial charge >= 0.3 is 0 Å². The van der Waals surface area contributed by atoms with Crippen molar-refractivity contribution in [2.75, 3.05) is 13.2 Å². The highest BCUT2D eigenvalue weighted by molar-refractivity contribution is 5.78. The SMILES string of the molecule is CCc1nc(C2CCCN2C(=O)COCc2nc(C)no2)no1. The fraction of sp³-hybridized carbons (Fsp3) is 0.643. The first kappa shape index (κ1) is 15.6. The molecule has 1 saturated heterocycles. The third-order valence-electron chi connectivity index (χ3n) is 3.68. The second kappa shape index (κ2) is 6.86. The molecular formula is C14H19N5O4. The highest BCUT2D eigenvalue weighted by atomic mass is 16.5. The van der Waals surface area contributed by atoms with Gasteiger partial charge in [0.2, 0.25) is 11.8 Å². The Hall–Kier alpha value is -2.29. The van der Waals surface area contributed by atoms with Crippen molar-refractivity contribution in [1.82, 2.24) is 25.2 Å². The van der Waals surface area contributed by atoms with Crippen LogP contribution in [-0.2, 0) is 22.6 Å². The summed E-state index contributed by atoms with van der Waals surface area (Å²) in [5, 5.41) is 7.64. The summed E-state index contributed by atoms with van der Waals surface area (Å²) in [6.07, 6.45) is 2.42. The summed E-state index contributed by atoms with van der Waals surface area (Å²) < 4.78 is 15.4. The zero-order valence-corrected chi connectivity index (χ0v) is 13.2. The van der Waals surface area contributed by atoms with Gasteiger partial charge in [0.15, 0.2) is 11.6 Å². The van der Waals surface area contributed by atoms with E-state index < -0.39 is 0 Å². The number of rotatable bonds is 6. The number of likely N-dealkylation sites (tertiary alicyclic amines) is 1. The van der Waals surface area contributed by atoms with Gasteiger partial charge in [-0.25, -0.2) is 0 Å². The molecule has 1 atom stereocenters. The summed E-state index contributed by atoms with van der Waals surface area (Å²) in [5.41, 5.74) is 0. The Kier molecular flexibility index (Phi) is 4.65. The van der Waals surface area contributed by atoms with E-state index in [1.54, 1.807) is 11.8 Å². The molecule has 3 rings (SSSR count). The molecule has 0 saturated carbocycles. The van der Waals surface area contributed by atoms with Crippen molar-refractivity contribution < 1.29 is 18.6 Å². The normalized spacial score (nSPS) is 17.8. The molecule has 1 fully saturated rings. The van der Waals surface area contributed by atoms with E-state index in [4.69, 9.17) is 13.8 Å². The summed E-state index contributed by atoms with van der Waals surface area (Å²) in [6.45, 7) is 4.41. The molecule has 124 valence electrons. The molecular weight excluding hydrogens is 302 g/mol. The monoisotopic (exact) mass is 321 g/mol. The summed E-state index contributed by atoms with van der Waals surface area (Å²) >= 11 is 0. The van der Waals surface area contributed by atoms with Gasteiger partial charge in [0.05, 0.1) is 6.04 Å². The van der Waals surface area contributed by atoms with Gasteiger partial charge in [0, 0.05) is 13.0 Å². The molecule has 0 radical (unpaired) electrons. The Labute approximate surface area is 133 Å². The molecule has 1 unspecified atom stereocenters. The van der Waals surface area contributed by atoms with Gasteiger partial charge in [-0.05, 0) is 19.8 Å². The number of nitrogens with zero attached hydrogens (tertiary/aromatic N) is 5. The first-order valence-corrected chi connectivity index (χ1v) is 7.66. The molecule has 0 N–H and O–H groups in total. The molecule has 1 aliphatic heterocycles. The number of carbonyl (C=O) groups is 1. The minimum Gasteiger partial charge on any atom is -0.362 e. The molecule has 2 aromatic heterocycles. The zero-order chi connectivity index (χ0) is 16.2. The van der Waals surface area contributed by atoms with E-state index in [1.807, 2.05) is 6.92 Å². The summed E-state index contributed by atoms with van der Waals surface area (Å²) in [5.74, 6) is 1.95. The summed E-state index contributed by atoms with van der Waals surface area (Å²) in [4.78, 5) is 22.4. The molecule has 1 amide bonds. The van der Waals surface area contributed by atoms with E-state index in [-0.39, 0.29) is 25.2 Å². The average Bonchev–Trinajstić information content (AvgIpc) is 3.26. The lowest BCUT2D eigenvalue weighted by atomic mass is 10.2. The van der Waals surface area contributed by atoms with Gasteiger partial charge in [-0.15, -0.1) is 0 Å². The van der Waals surface area contributed by atoms with Crippen LogP contribution in [0.15, 0.2) is 9.05 Å². The third-order valence-corrected chi connectivity index (χ3v) is 3.68. The van der Waals surface area contributed by atoms with Crippen molar-refractivity contribution >= 4 is 5.91 Å². The minimum atomic E-state index is -0.138. The molecule has 0 bridgehead atoms. The van der Waals surface area contributed by atoms with E-state index in [9.17, 15) is 4.79 Å². The summed E-state index contributed by atoms with van der Waals surface area (Å²) in [7, 11) is 0. The number of ether oxygens (including phenoxy) is 1. The van der Waals surface area contributed by atoms with Crippen molar-refractivity contribution in [3.63, 3.8) is 0 Å². The number of carbonyl (C=O) groups excluding carboxylic acids is 1. The Morgan fingerprint density at radius 1 is 1.30 bits per heavy atom. The molecule has 9 nitrogen and oxygen atoms in total. The van der Waals surface area contributed by atoms with E-state index in [1.165, 1.54) is 0 Å². The number of aromatic nitrogens is 4. The molecule has 3 heterocycles. The van der Waals surface area contributed by atoms with E-state index in [2.05, 4.69) is 20.3 Å². The van der Waals surface area contributed by atoms with Gasteiger partial charge in [0.25, 0.3) is 5.89 Å². The van der Waals surface area contributed by atoms with E-state index in [0.29, 0.717) is 36.4 Å². The third kappa shape index (κ3) is 3.55.